The first-order valence-corrected chi connectivity index (χ1v) is 6.37. The normalized spacial score (nSPS) is 21.6. The number of β-amino-alcohol motifs (C(OH)–C–C–N with tert-alkyl or cyclic N) is 1. The zero-order valence-corrected chi connectivity index (χ0v) is 10.5. The maximum absolute atomic E-state index is 12.2. The largest absolute Gasteiger partial charge is 0.398 e. The van der Waals surface area contributed by atoms with Crippen LogP contribution >= 0.6 is 0 Å². The van der Waals surface area contributed by atoms with Gasteiger partial charge in [0.2, 0.25) is 0 Å². The fourth-order valence-electron chi connectivity index (χ4n) is 2.59. The van der Waals surface area contributed by atoms with E-state index in [9.17, 15) is 9.90 Å². The number of hydrogen-bond acceptors (Lipinski definition) is 3. The number of aryl methyl sites for hydroxylation is 1. The molecular weight excluding hydrogens is 228 g/mol. The van der Waals surface area contributed by atoms with E-state index in [-0.39, 0.29) is 5.91 Å². The van der Waals surface area contributed by atoms with Gasteiger partial charge in [0.1, 0.15) is 5.60 Å². The first kappa shape index (κ1) is 11.5. The molecule has 1 saturated carbocycles. The Morgan fingerprint density at radius 2 is 2.11 bits per heavy atom. The summed E-state index contributed by atoms with van der Waals surface area (Å²) in [5, 5.41) is 10.2. The van der Waals surface area contributed by atoms with E-state index in [2.05, 4.69) is 0 Å². The zero-order valence-electron chi connectivity index (χ0n) is 10.5. The quantitative estimate of drug-likeness (QED) is 0.770. The van der Waals surface area contributed by atoms with E-state index >= 15 is 0 Å². The Labute approximate surface area is 106 Å². The molecule has 2 fully saturated rings. The number of carbonyl (C=O) groups is 1. The van der Waals surface area contributed by atoms with Gasteiger partial charge in [0.15, 0.2) is 0 Å². The summed E-state index contributed by atoms with van der Waals surface area (Å²) in [4.78, 5) is 13.9. The molecule has 18 heavy (non-hydrogen) atoms. The monoisotopic (exact) mass is 246 g/mol. The van der Waals surface area contributed by atoms with Gasteiger partial charge in [-0.2, -0.15) is 0 Å². The minimum atomic E-state index is -0.619. The molecule has 2 aliphatic rings. The molecule has 1 heterocycles. The van der Waals surface area contributed by atoms with Gasteiger partial charge in [-0.15, -0.1) is 0 Å². The summed E-state index contributed by atoms with van der Waals surface area (Å²) in [6, 6.07) is 5.37. The van der Waals surface area contributed by atoms with Crippen molar-refractivity contribution in [1.29, 1.82) is 0 Å². The van der Waals surface area contributed by atoms with Crippen LogP contribution in [0.1, 0.15) is 28.8 Å². The van der Waals surface area contributed by atoms with Crippen molar-refractivity contribution < 1.29 is 9.90 Å². The number of carbonyl (C=O) groups excluding carboxylic acids is 1. The Kier molecular flexibility index (Phi) is 2.38. The lowest BCUT2D eigenvalue weighted by Crippen LogP contribution is -2.64. The number of rotatable bonds is 2. The summed E-state index contributed by atoms with van der Waals surface area (Å²) in [7, 11) is 0. The van der Waals surface area contributed by atoms with Crippen LogP contribution < -0.4 is 5.73 Å². The van der Waals surface area contributed by atoms with Crippen LogP contribution in [0.3, 0.4) is 0 Å². The van der Waals surface area contributed by atoms with Gasteiger partial charge in [0.05, 0.1) is 13.1 Å². The van der Waals surface area contributed by atoms with Crippen molar-refractivity contribution in [3.63, 3.8) is 0 Å². The number of amides is 1. The lowest BCUT2D eigenvalue weighted by molar-refractivity contribution is -0.0958. The van der Waals surface area contributed by atoms with Crippen molar-refractivity contribution in [1.82, 2.24) is 4.90 Å². The van der Waals surface area contributed by atoms with Crippen molar-refractivity contribution in [2.45, 2.75) is 25.4 Å². The van der Waals surface area contributed by atoms with E-state index in [1.165, 1.54) is 0 Å². The number of nitrogen functional groups attached to an aromatic ring is 1. The Hall–Kier alpha value is -1.55. The standard InChI is InChI=1S/C14H18N2O2/c1-9-2-3-10(6-12(9)15)13(17)16-7-14(18,8-16)11-4-5-11/h2-3,6,11,18H,4-5,7-8,15H2,1H3. The fraction of sp³-hybridized carbons (Fsp3) is 0.500. The second-order valence-electron chi connectivity index (χ2n) is 5.61. The highest BCUT2D eigenvalue weighted by Crippen LogP contribution is 2.44. The average Bonchev–Trinajstić information content (AvgIpc) is 3.12. The third-order valence-electron chi connectivity index (χ3n) is 4.08. The third kappa shape index (κ3) is 1.77. The Morgan fingerprint density at radius 3 is 2.67 bits per heavy atom. The molecule has 0 spiro atoms. The summed E-state index contributed by atoms with van der Waals surface area (Å²) in [5.41, 5.74) is 7.41. The number of likely N-dealkylation sites (tertiary alicyclic amines) is 1. The van der Waals surface area contributed by atoms with E-state index in [1.54, 1.807) is 17.0 Å². The number of anilines is 1. The molecule has 3 rings (SSSR count). The fourth-order valence-corrected chi connectivity index (χ4v) is 2.59. The van der Waals surface area contributed by atoms with Gasteiger partial charge < -0.3 is 15.7 Å². The van der Waals surface area contributed by atoms with Crippen LogP contribution in [0.2, 0.25) is 0 Å². The van der Waals surface area contributed by atoms with E-state index < -0.39 is 5.60 Å². The van der Waals surface area contributed by atoms with Crippen molar-refractivity contribution in [3.8, 4) is 0 Å². The number of benzene rings is 1. The molecule has 1 aliphatic heterocycles. The second-order valence-corrected chi connectivity index (χ2v) is 5.61. The van der Waals surface area contributed by atoms with Crippen LogP contribution in [0.15, 0.2) is 18.2 Å². The summed E-state index contributed by atoms with van der Waals surface area (Å²) >= 11 is 0. The molecule has 4 heteroatoms. The first-order chi connectivity index (χ1) is 8.49. The predicted molar refractivity (Wildman–Crippen MR) is 69.2 cm³/mol. The number of aliphatic hydroxyl groups is 1. The van der Waals surface area contributed by atoms with Crippen molar-refractivity contribution in [2.75, 3.05) is 18.8 Å². The molecule has 1 aromatic rings. The summed E-state index contributed by atoms with van der Waals surface area (Å²) < 4.78 is 0. The first-order valence-electron chi connectivity index (χ1n) is 6.37. The topological polar surface area (TPSA) is 66.6 Å². The van der Waals surface area contributed by atoms with E-state index in [1.807, 2.05) is 13.0 Å². The maximum atomic E-state index is 12.2. The number of hydrogen-bond donors (Lipinski definition) is 2. The van der Waals surface area contributed by atoms with Crippen LogP contribution in [-0.4, -0.2) is 34.6 Å². The van der Waals surface area contributed by atoms with Crippen LogP contribution in [0.4, 0.5) is 5.69 Å². The van der Waals surface area contributed by atoms with Gasteiger partial charge in [-0.05, 0) is 43.4 Å². The van der Waals surface area contributed by atoms with Crippen molar-refractivity contribution in [2.24, 2.45) is 5.92 Å². The predicted octanol–water partition coefficient (Wildman–Crippen LogP) is 1.17. The number of nitrogens with zero attached hydrogens (tertiary/aromatic N) is 1. The summed E-state index contributed by atoms with van der Waals surface area (Å²) in [6.07, 6.45) is 2.19. The van der Waals surface area contributed by atoms with Gasteiger partial charge in [-0.25, -0.2) is 0 Å². The Bertz CT molecular complexity index is 503. The molecule has 0 radical (unpaired) electrons. The summed E-state index contributed by atoms with van der Waals surface area (Å²) in [5.74, 6) is 0.372. The highest BCUT2D eigenvalue weighted by Gasteiger charge is 2.53. The van der Waals surface area contributed by atoms with E-state index in [0.29, 0.717) is 30.3 Å². The SMILES string of the molecule is Cc1ccc(C(=O)N2CC(O)(C3CC3)C2)cc1N. The minimum absolute atomic E-state index is 0.0352. The minimum Gasteiger partial charge on any atom is -0.398 e. The Morgan fingerprint density at radius 1 is 1.44 bits per heavy atom. The van der Waals surface area contributed by atoms with Crippen LogP contribution in [-0.2, 0) is 0 Å². The lowest BCUT2D eigenvalue weighted by Gasteiger charge is -2.47. The van der Waals surface area contributed by atoms with Crippen LogP contribution in [0, 0.1) is 12.8 Å². The van der Waals surface area contributed by atoms with Gasteiger partial charge in [0, 0.05) is 11.3 Å². The molecule has 1 aliphatic carbocycles. The van der Waals surface area contributed by atoms with Crippen molar-refractivity contribution in [3.05, 3.63) is 29.3 Å². The van der Waals surface area contributed by atoms with Crippen molar-refractivity contribution >= 4 is 11.6 Å². The highest BCUT2D eigenvalue weighted by molar-refractivity contribution is 5.96. The Balaban J connectivity index is 1.70. The van der Waals surface area contributed by atoms with Crippen LogP contribution in [0.5, 0.6) is 0 Å². The molecule has 1 saturated heterocycles. The molecule has 0 aromatic heterocycles. The average molecular weight is 246 g/mol. The summed E-state index contributed by atoms with van der Waals surface area (Å²) in [6.45, 7) is 2.84. The molecule has 3 N–H and O–H groups in total. The molecular formula is C14H18N2O2. The molecule has 0 bridgehead atoms. The highest BCUT2D eigenvalue weighted by atomic mass is 16.3. The smallest absolute Gasteiger partial charge is 0.254 e. The molecule has 96 valence electrons. The van der Waals surface area contributed by atoms with Gasteiger partial charge in [0.25, 0.3) is 5.91 Å². The lowest BCUT2D eigenvalue weighted by atomic mass is 9.88. The maximum Gasteiger partial charge on any atom is 0.254 e. The molecule has 0 atom stereocenters. The third-order valence-corrected chi connectivity index (χ3v) is 4.08. The number of nitrogens with two attached hydrogens (primary N) is 1. The van der Waals surface area contributed by atoms with Gasteiger partial charge in [-0.1, -0.05) is 6.07 Å². The molecule has 0 unspecified atom stereocenters. The molecule has 1 aromatic carbocycles. The van der Waals surface area contributed by atoms with Gasteiger partial charge in [-0.3, -0.25) is 4.79 Å². The molecule has 1 amide bonds. The van der Waals surface area contributed by atoms with E-state index in [0.717, 1.165) is 18.4 Å². The van der Waals surface area contributed by atoms with Crippen LogP contribution in [0.25, 0.3) is 0 Å². The second kappa shape index (κ2) is 3.72. The van der Waals surface area contributed by atoms with E-state index in [4.69, 9.17) is 5.73 Å². The van der Waals surface area contributed by atoms with Gasteiger partial charge >= 0.3 is 0 Å². The zero-order chi connectivity index (χ0) is 12.9. The molecule has 4 nitrogen and oxygen atoms in total.